The molecule has 3 aromatic carbocycles. The zero-order valence-electron chi connectivity index (χ0n) is 12.1. The van der Waals surface area contributed by atoms with Crippen molar-refractivity contribution in [1.82, 2.24) is 0 Å². The lowest BCUT2D eigenvalue weighted by Gasteiger charge is -2.11. The van der Waals surface area contributed by atoms with Crippen LogP contribution in [0, 0.1) is 6.92 Å². The SMILES string of the molecule is Cc1cc(O)cc(-c2ccccc2Cc2ccccc2)c1. The van der Waals surface area contributed by atoms with E-state index >= 15 is 0 Å². The predicted molar refractivity (Wildman–Crippen MR) is 87.5 cm³/mol. The molecule has 0 aliphatic carbocycles. The highest BCUT2D eigenvalue weighted by Crippen LogP contribution is 2.29. The molecule has 21 heavy (non-hydrogen) atoms. The van der Waals surface area contributed by atoms with Crippen LogP contribution in [0.2, 0.25) is 0 Å². The van der Waals surface area contributed by atoms with Crippen LogP contribution < -0.4 is 0 Å². The molecule has 0 amide bonds. The van der Waals surface area contributed by atoms with Gasteiger partial charge in [-0.1, -0.05) is 60.7 Å². The zero-order chi connectivity index (χ0) is 14.7. The molecule has 3 aromatic rings. The number of benzene rings is 3. The molecule has 0 aliphatic rings. The van der Waals surface area contributed by atoms with Gasteiger partial charge in [-0.25, -0.2) is 0 Å². The summed E-state index contributed by atoms with van der Waals surface area (Å²) in [6.45, 7) is 2.00. The molecule has 1 N–H and O–H groups in total. The van der Waals surface area contributed by atoms with Crippen molar-refractivity contribution in [2.24, 2.45) is 0 Å². The lowest BCUT2D eigenvalue weighted by Crippen LogP contribution is -1.92. The van der Waals surface area contributed by atoms with Gasteiger partial charge in [0, 0.05) is 0 Å². The van der Waals surface area contributed by atoms with Crippen molar-refractivity contribution >= 4 is 0 Å². The summed E-state index contributed by atoms with van der Waals surface area (Å²) in [7, 11) is 0. The Balaban J connectivity index is 2.03. The van der Waals surface area contributed by atoms with Crippen molar-refractivity contribution in [2.75, 3.05) is 0 Å². The molecule has 0 unspecified atom stereocenters. The summed E-state index contributed by atoms with van der Waals surface area (Å²) in [5.74, 6) is 0.319. The molecular weight excluding hydrogens is 256 g/mol. The molecule has 0 atom stereocenters. The summed E-state index contributed by atoms with van der Waals surface area (Å²) < 4.78 is 0. The van der Waals surface area contributed by atoms with Crippen LogP contribution in [0.5, 0.6) is 5.75 Å². The monoisotopic (exact) mass is 274 g/mol. The highest BCUT2D eigenvalue weighted by atomic mass is 16.3. The fraction of sp³-hybridized carbons (Fsp3) is 0.100. The maximum absolute atomic E-state index is 9.84. The van der Waals surface area contributed by atoms with Gasteiger partial charge < -0.3 is 5.11 Å². The third-order valence-corrected chi connectivity index (χ3v) is 3.63. The molecule has 104 valence electrons. The van der Waals surface area contributed by atoms with E-state index in [1.165, 1.54) is 16.7 Å². The van der Waals surface area contributed by atoms with Crippen LogP contribution in [0.4, 0.5) is 0 Å². The summed E-state index contributed by atoms with van der Waals surface area (Å²) >= 11 is 0. The van der Waals surface area contributed by atoms with E-state index in [1.54, 1.807) is 6.07 Å². The maximum Gasteiger partial charge on any atom is 0.116 e. The van der Waals surface area contributed by atoms with Crippen molar-refractivity contribution < 1.29 is 5.11 Å². The fourth-order valence-electron chi connectivity index (χ4n) is 2.69. The van der Waals surface area contributed by atoms with Crippen molar-refractivity contribution in [3.63, 3.8) is 0 Å². The minimum Gasteiger partial charge on any atom is -0.508 e. The first-order chi connectivity index (χ1) is 10.2. The topological polar surface area (TPSA) is 20.2 Å². The normalized spacial score (nSPS) is 10.5. The summed E-state index contributed by atoms with van der Waals surface area (Å²) in [5, 5.41) is 9.84. The molecular formula is C20H18O. The molecule has 0 fully saturated rings. The number of phenols is 1. The van der Waals surface area contributed by atoms with E-state index in [1.807, 2.05) is 25.1 Å². The Kier molecular flexibility index (Phi) is 3.74. The van der Waals surface area contributed by atoms with Gasteiger partial charge in [0.05, 0.1) is 0 Å². The van der Waals surface area contributed by atoms with Gasteiger partial charge in [0.15, 0.2) is 0 Å². The molecule has 0 spiro atoms. The first-order valence-corrected chi connectivity index (χ1v) is 7.15. The van der Waals surface area contributed by atoms with Crippen molar-refractivity contribution in [2.45, 2.75) is 13.3 Å². The number of rotatable bonds is 3. The second kappa shape index (κ2) is 5.84. The zero-order valence-corrected chi connectivity index (χ0v) is 12.1. The average molecular weight is 274 g/mol. The smallest absolute Gasteiger partial charge is 0.116 e. The van der Waals surface area contributed by atoms with Crippen LogP contribution in [-0.2, 0) is 6.42 Å². The molecule has 0 saturated carbocycles. The van der Waals surface area contributed by atoms with E-state index in [2.05, 4.69) is 48.5 Å². The summed E-state index contributed by atoms with van der Waals surface area (Å²) in [5.41, 5.74) is 5.88. The Hall–Kier alpha value is -2.54. The molecule has 0 radical (unpaired) electrons. The standard InChI is InChI=1S/C20H18O/c1-15-11-18(14-19(21)12-15)20-10-6-5-9-17(20)13-16-7-3-2-4-8-16/h2-12,14,21H,13H2,1H3. The van der Waals surface area contributed by atoms with Crippen LogP contribution in [0.3, 0.4) is 0 Å². The Morgan fingerprint density at radius 3 is 2.29 bits per heavy atom. The maximum atomic E-state index is 9.84. The predicted octanol–water partition coefficient (Wildman–Crippen LogP) is 4.96. The largest absolute Gasteiger partial charge is 0.508 e. The molecule has 0 aliphatic heterocycles. The molecule has 0 heterocycles. The highest BCUT2D eigenvalue weighted by molar-refractivity contribution is 5.70. The lowest BCUT2D eigenvalue weighted by molar-refractivity contribution is 0.475. The second-order valence-electron chi connectivity index (χ2n) is 5.38. The van der Waals surface area contributed by atoms with Crippen LogP contribution in [0.15, 0.2) is 72.8 Å². The number of aromatic hydroxyl groups is 1. The van der Waals surface area contributed by atoms with Gasteiger partial charge in [-0.3, -0.25) is 0 Å². The third kappa shape index (κ3) is 3.14. The highest BCUT2D eigenvalue weighted by Gasteiger charge is 2.07. The van der Waals surface area contributed by atoms with Gasteiger partial charge in [0.2, 0.25) is 0 Å². The van der Waals surface area contributed by atoms with Crippen LogP contribution in [0.25, 0.3) is 11.1 Å². The number of aryl methyl sites for hydroxylation is 1. The van der Waals surface area contributed by atoms with E-state index in [4.69, 9.17) is 0 Å². The summed E-state index contributed by atoms with van der Waals surface area (Å²) in [6, 6.07) is 24.6. The Labute approximate surface area is 125 Å². The third-order valence-electron chi connectivity index (χ3n) is 3.63. The molecule has 0 bridgehead atoms. The number of phenolic OH excluding ortho intramolecular Hbond substituents is 1. The Morgan fingerprint density at radius 2 is 1.52 bits per heavy atom. The van der Waals surface area contributed by atoms with E-state index in [0.29, 0.717) is 5.75 Å². The van der Waals surface area contributed by atoms with Gasteiger partial charge in [-0.2, -0.15) is 0 Å². The van der Waals surface area contributed by atoms with Crippen molar-refractivity contribution in [3.05, 3.63) is 89.5 Å². The second-order valence-corrected chi connectivity index (χ2v) is 5.38. The van der Waals surface area contributed by atoms with Crippen molar-refractivity contribution in [1.29, 1.82) is 0 Å². The first kappa shape index (κ1) is 13.4. The minimum atomic E-state index is 0.319. The average Bonchev–Trinajstić information content (AvgIpc) is 2.48. The van der Waals surface area contributed by atoms with E-state index in [-0.39, 0.29) is 0 Å². The number of hydrogen-bond donors (Lipinski definition) is 1. The summed E-state index contributed by atoms with van der Waals surface area (Å²) in [4.78, 5) is 0. The van der Waals surface area contributed by atoms with Gasteiger partial charge in [-0.15, -0.1) is 0 Å². The van der Waals surface area contributed by atoms with Gasteiger partial charge in [0.1, 0.15) is 5.75 Å². The van der Waals surface area contributed by atoms with Crippen molar-refractivity contribution in [3.8, 4) is 16.9 Å². The quantitative estimate of drug-likeness (QED) is 0.715. The molecule has 3 rings (SSSR count). The molecule has 1 heteroatoms. The van der Waals surface area contributed by atoms with Crippen LogP contribution in [0.1, 0.15) is 16.7 Å². The van der Waals surface area contributed by atoms with Crippen LogP contribution >= 0.6 is 0 Å². The van der Waals surface area contributed by atoms with E-state index in [0.717, 1.165) is 17.5 Å². The number of hydrogen-bond acceptors (Lipinski definition) is 1. The molecule has 0 saturated heterocycles. The molecule has 1 nitrogen and oxygen atoms in total. The van der Waals surface area contributed by atoms with Gasteiger partial charge in [0.25, 0.3) is 0 Å². The van der Waals surface area contributed by atoms with Gasteiger partial charge >= 0.3 is 0 Å². The minimum absolute atomic E-state index is 0.319. The van der Waals surface area contributed by atoms with E-state index in [9.17, 15) is 5.11 Å². The van der Waals surface area contributed by atoms with E-state index < -0.39 is 0 Å². The van der Waals surface area contributed by atoms with Crippen LogP contribution in [-0.4, -0.2) is 5.11 Å². The first-order valence-electron chi connectivity index (χ1n) is 7.15. The Bertz CT molecular complexity index is 725. The fourth-order valence-corrected chi connectivity index (χ4v) is 2.69. The van der Waals surface area contributed by atoms with Gasteiger partial charge in [-0.05, 0) is 53.3 Å². The molecule has 0 aromatic heterocycles. The lowest BCUT2D eigenvalue weighted by atomic mass is 9.94. The summed E-state index contributed by atoms with van der Waals surface area (Å²) in [6.07, 6.45) is 0.895. The Morgan fingerprint density at radius 1 is 0.810 bits per heavy atom.